The summed E-state index contributed by atoms with van der Waals surface area (Å²) in [4.78, 5) is 6.86. The second-order valence-corrected chi connectivity index (χ2v) is 6.64. The molecule has 3 heteroatoms. The molecule has 1 fully saturated rings. The molecule has 1 heterocycles. The van der Waals surface area contributed by atoms with Crippen molar-refractivity contribution in [3.8, 4) is 0 Å². The van der Waals surface area contributed by atoms with E-state index in [-0.39, 0.29) is 0 Å². The van der Waals surface area contributed by atoms with Gasteiger partial charge >= 0.3 is 0 Å². The highest BCUT2D eigenvalue weighted by atomic mass is 79.9. The fourth-order valence-corrected chi connectivity index (χ4v) is 2.89. The molecule has 0 radical (unpaired) electrons. The Balaban J connectivity index is 2.04. The highest BCUT2D eigenvalue weighted by Gasteiger charge is 2.29. The lowest BCUT2D eigenvalue weighted by Gasteiger charge is -2.39. The molecule has 1 aliphatic carbocycles. The number of halogens is 1. The third-order valence-corrected chi connectivity index (χ3v) is 4.36. The molecule has 1 saturated carbocycles. The lowest BCUT2D eigenvalue weighted by molar-refractivity contribution is 0.222. The summed E-state index contributed by atoms with van der Waals surface area (Å²) in [6.07, 6.45) is 5.18. The topological polar surface area (TPSA) is 16.1 Å². The van der Waals surface area contributed by atoms with E-state index >= 15 is 0 Å². The van der Waals surface area contributed by atoms with Crippen LogP contribution in [0.2, 0.25) is 0 Å². The molecule has 0 saturated heterocycles. The lowest BCUT2D eigenvalue weighted by atomic mass is 9.75. The van der Waals surface area contributed by atoms with Crippen LogP contribution in [0.15, 0.2) is 22.8 Å². The van der Waals surface area contributed by atoms with E-state index in [9.17, 15) is 0 Å². The first kappa shape index (κ1) is 12.9. The van der Waals surface area contributed by atoms with Crippen molar-refractivity contribution in [2.24, 2.45) is 5.41 Å². The molecule has 2 nitrogen and oxygen atoms in total. The van der Waals surface area contributed by atoms with Gasteiger partial charge in [0.2, 0.25) is 0 Å². The van der Waals surface area contributed by atoms with Gasteiger partial charge in [-0.1, -0.05) is 19.9 Å². The van der Waals surface area contributed by atoms with Crippen molar-refractivity contribution in [2.75, 3.05) is 11.9 Å². The van der Waals surface area contributed by atoms with Gasteiger partial charge in [0, 0.05) is 13.1 Å². The van der Waals surface area contributed by atoms with Crippen LogP contribution in [0.25, 0.3) is 0 Å². The van der Waals surface area contributed by atoms with Crippen LogP contribution in [-0.2, 0) is 0 Å². The lowest BCUT2D eigenvalue weighted by Crippen LogP contribution is -2.37. The summed E-state index contributed by atoms with van der Waals surface area (Å²) in [6, 6.07) is 6.76. The second-order valence-electron chi connectivity index (χ2n) is 5.82. The van der Waals surface area contributed by atoms with Gasteiger partial charge in [-0.25, -0.2) is 4.98 Å². The van der Waals surface area contributed by atoms with Crippen LogP contribution >= 0.6 is 15.9 Å². The summed E-state index contributed by atoms with van der Waals surface area (Å²) in [7, 11) is 2.16. The number of nitrogens with zero attached hydrogens (tertiary/aromatic N) is 2. The first-order valence-corrected chi connectivity index (χ1v) is 7.13. The van der Waals surface area contributed by atoms with E-state index in [0.29, 0.717) is 11.5 Å². The average Bonchev–Trinajstić information content (AvgIpc) is 2.28. The van der Waals surface area contributed by atoms with Crippen molar-refractivity contribution in [1.82, 2.24) is 4.98 Å². The summed E-state index contributed by atoms with van der Waals surface area (Å²) < 4.78 is 0.915. The molecule has 1 aromatic heterocycles. The maximum atomic E-state index is 4.53. The molecule has 0 aromatic carbocycles. The molecule has 0 N–H and O–H groups in total. The van der Waals surface area contributed by atoms with Crippen LogP contribution in [0.4, 0.5) is 5.82 Å². The minimum atomic E-state index is 0.530. The van der Waals surface area contributed by atoms with Gasteiger partial charge in [-0.15, -0.1) is 0 Å². The van der Waals surface area contributed by atoms with Crippen molar-refractivity contribution in [2.45, 2.75) is 45.6 Å². The quantitative estimate of drug-likeness (QED) is 0.759. The Morgan fingerprint density at radius 3 is 2.53 bits per heavy atom. The summed E-state index contributed by atoms with van der Waals surface area (Å²) in [5.74, 6) is 1.07. The predicted octanol–water partition coefficient (Wildman–Crippen LogP) is 4.25. The SMILES string of the molecule is CN(c1cccc(Br)n1)C1CCC(C)(C)CC1. The van der Waals surface area contributed by atoms with Gasteiger partial charge in [0.25, 0.3) is 0 Å². The van der Waals surface area contributed by atoms with Gasteiger partial charge in [-0.2, -0.15) is 0 Å². The average molecular weight is 297 g/mol. The molecule has 0 amide bonds. The zero-order valence-corrected chi connectivity index (χ0v) is 12.5. The minimum Gasteiger partial charge on any atom is -0.357 e. The van der Waals surface area contributed by atoms with Gasteiger partial charge in [-0.3, -0.25) is 0 Å². The summed E-state index contributed by atoms with van der Waals surface area (Å²) in [6.45, 7) is 4.75. The highest BCUT2D eigenvalue weighted by molar-refractivity contribution is 9.10. The van der Waals surface area contributed by atoms with E-state index in [1.807, 2.05) is 6.07 Å². The van der Waals surface area contributed by atoms with Gasteiger partial charge in [0.1, 0.15) is 10.4 Å². The van der Waals surface area contributed by atoms with E-state index in [0.717, 1.165) is 10.4 Å². The Morgan fingerprint density at radius 1 is 1.29 bits per heavy atom. The maximum absolute atomic E-state index is 4.53. The van der Waals surface area contributed by atoms with Crippen LogP contribution in [0, 0.1) is 5.41 Å². The number of aromatic nitrogens is 1. The zero-order valence-electron chi connectivity index (χ0n) is 10.9. The number of anilines is 1. The van der Waals surface area contributed by atoms with E-state index in [4.69, 9.17) is 0 Å². The molecule has 94 valence electrons. The third kappa shape index (κ3) is 3.21. The fourth-order valence-electron chi connectivity index (χ4n) is 2.55. The largest absolute Gasteiger partial charge is 0.357 e. The summed E-state index contributed by atoms with van der Waals surface area (Å²) in [5.41, 5.74) is 0.530. The summed E-state index contributed by atoms with van der Waals surface area (Å²) >= 11 is 3.43. The Labute approximate surface area is 113 Å². The Morgan fingerprint density at radius 2 is 1.94 bits per heavy atom. The van der Waals surface area contributed by atoms with Gasteiger partial charge in [0.05, 0.1) is 0 Å². The number of hydrogen-bond acceptors (Lipinski definition) is 2. The highest BCUT2D eigenvalue weighted by Crippen LogP contribution is 2.37. The Bertz CT molecular complexity index is 380. The van der Waals surface area contributed by atoms with Crippen molar-refractivity contribution in [3.63, 3.8) is 0 Å². The normalized spacial score (nSPS) is 20.2. The Hall–Kier alpha value is -0.570. The fraction of sp³-hybridized carbons (Fsp3) is 0.643. The number of rotatable bonds is 2. The standard InChI is InChI=1S/C14H21BrN2/c1-14(2)9-7-11(8-10-14)17(3)13-6-4-5-12(15)16-13/h4-6,11H,7-10H2,1-3H3. The minimum absolute atomic E-state index is 0.530. The van der Waals surface area contributed by atoms with E-state index in [1.54, 1.807) is 0 Å². The molecular formula is C14H21BrN2. The van der Waals surface area contributed by atoms with Gasteiger partial charge < -0.3 is 4.90 Å². The maximum Gasteiger partial charge on any atom is 0.129 e. The second kappa shape index (κ2) is 4.97. The monoisotopic (exact) mass is 296 g/mol. The number of hydrogen-bond donors (Lipinski definition) is 0. The third-order valence-electron chi connectivity index (χ3n) is 3.92. The van der Waals surface area contributed by atoms with Crippen LogP contribution < -0.4 is 4.90 Å². The molecule has 1 aromatic rings. The molecule has 0 unspecified atom stereocenters. The smallest absolute Gasteiger partial charge is 0.129 e. The molecule has 0 aliphatic heterocycles. The molecule has 0 spiro atoms. The van der Waals surface area contributed by atoms with Crippen LogP contribution in [-0.4, -0.2) is 18.1 Å². The molecule has 1 aliphatic rings. The van der Waals surface area contributed by atoms with Crippen molar-refractivity contribution in [3.05, 3.63) is 22.8 Å². The molecule has 0 bridgehead atoms. The number of pyridine rings is 1. The summed E-state index contributed by atoms with van der Waals surface area (Å²) in [5, 5.41) is 0. The van der Waals surface area contributed by atoms with Crippen molar-refractivity contribution >= 4 is 21.7 Å². The predicted molar refractivity (Wildman–Crippen MR) is 76.4 cm³/mol. The van der Waals surface area contributed by atoms with Gasteiger partial charge in [0.15, 0.2) is 0 Å². The molecular weight excluding hydrogens is 276 g/mol. The first-order valence-electron chi connectivity index (χ1n) is 6.33. The molecule has 2 rings (SSSR count). The Kier molecular flexibility index (Phi) is 3.76. The van der Waals surface area contributed by atoms with E-state index < -0.39 is 0 Å². The van der Waals surface area contributed by atoms with E-state index in [1.165, 1.54) is 25.7 Å². The molecule has 17 heavy (non-hydrogen) atoms. The first-order chi connectivity index (χ1) is 7.98. The van der Waals surface area contributed by atoms with E-state index in [2.05, 4.69) is 58.8 Å². The van der Waals surface area contributed by atoms with Crippen molar-refractivity contribution < 1.29 is 0 Å². The zero-order chi connectivity index (χ0) is 12.5. The van der Waals surface area contributed by atoms with Crippen molar-refractivity contribution in [1.29, 1.82) is 0 Å². The molecule has 0 atom stereocenters. The van der Waals surface area contributed by atoms with Crippen LogP contribution in [0.3, 0.4) is 0 Å². The van der Waals surface area contributed by atoms with Crippen LogP contribution in [0.1, 0.15) is 39.5 Å². The van der Waals surface area contributed by atoms with Gasteiger partial charge in [-0.05, 0) is 59.2 Å². The van der Waals surface area contributed by atoms with Crippen LogP contribution in [0.5, 0.6) is 0 Å².